The summed E-state index contributed by atoms with van der Waals surface area (Å²) in [5.74, 6) is 0.782. The third-order valence-electron chi connectivity index (χ3n) is 6.02. The Morgan fingerprint density at radius 1 is 1.34 bits per heavy atom. The van der Waals surface area contributed by atoms with Gasteiger partial charge < -0.3 is 15.0 Å². The van der Waals surface area contributed by atoms with Gasteiger partial charge in [0, 0.05) is 29.9 Å². The molecular weight excluding hydrogens is 418 g/mol. The summed E-state index contributed by atoms with van der Waals surface area (Å²) in [4.78, 5) is 35.8. The molecule has 2 atom stereocenters. The molecule has 1 fully saturated rings. The standard InChI is InChI=1S/C23H26F2N4O3/c1-12-8-16(10-27-22(12)32-11-18(24)25)13(2)29-14(3)20-17(23(29)31)6-7-26-21(20)28-19(30)9-15-4-5-15/h6-8,10,13-15,18H,4-5,9,11H2,1-3H3,(H,26,28,30). The minimum atomic E-state index is -2.58. The number of anilines is 1. The molecule has 1 N–H and O–H groups in total. The van der Waals surface area contributed by atoms with Crippen LogP contribution in [0.15, 0.2) is 24.5 Å². The minimum Gasteiger partial charge on any atom is -0.471 e. The summed E-state index contributed by atoms with van der Waals surface area (Å²) in [6.45, 7) is 4.79. The molecule has 9 heteroatoms. The predicted octanol–water partition coefficient (Wildman–Crippen LogP) is 4.45. The average molecular weight is 444 g/mol. The molecule has 0 spiro atoms. The summed E-state index contributed by atoms with van der Waals surface area (Å²) in [7, 11) is 0. The second kappa shape index (κ2) is 8.80. The number of alkyl halides is 2. The highest BCUT2D eigenvalue weighted by atomic mass is 19.3. The highest BCUT2D eigenvalue weighted by Gasteiger charge is 2.40. The van der Waals surface area contributed by atoms with E-state index in [4.69, 9.17) is 4.74 Å². The monoisotopic (exact) mass is 444 g/mol. The number of carbonyl (C=O) groups excluding carboxylic acids is 2. The lowest BCUT2D eigenvalue weighted by atomic mass is 10.0. The van der Waals surface area contributed by atoms with Crippen molar-refractivity contribution in [1.82, 2.24) is 14.9 Å². The van der Waals surface area contributed by atoms with E-state index in [1.807, 2.05) is 13.8 Å². The van der Waals surface area contributed by atoms with Gasteiger partial charge in [-0.3, -0.25) is 9.59 Å². The Labute approximate surface area is 185 Å². The van der Waals surface area contributed by atoms with Crippen molar-refractivity contribution in [2.45, 2.75) is 58.5 Å². The van der Waals surface area contributed by atoms with Crippen molar-refractivity contribution in [2.75, 3.05) is 11.9 Å². The number of fused-ring (bicyclic) bond motifs is 1. The van der Waals surface area contributed by atoms with E-state index in [0.717, 1.165) is 18.4 Å². The summed E-state index contributed by atoms with van der Waals surface area (Å²) in [5.41, 5.74) is 2.59. The summed E-state index contributed by atoms with van der Waals surface area (Å²) >= 11 is 0. The van der Waals surface area contributed by atoms with Gasteiger partial charge in [-0.15, -0.1) is 0 Å². The lowest BCUT2D eigenvalue weighted by Crippen LogP contribution is -2.30. The molecule has 1 aliphatic carbocycles. The maximum atomic E-state index is 13.2. The zero-order chi connectivity index (χ0) is 23.0. The quantitative estimate of drug-likeness (QED) is 0.651. The molecule has 0 radical (unpaired) electrons. The van der Waals surface area contributed by atoms with Crippen LogP contribution in [0.5, 0.6) is 5.88 Å². The van der Waals surface area contributed by atoms with E-state index in [9.17, 15) is 18.4 Å². The molecule has 170 valence electrons. The Kier molecular flexibility index (Phi) is 6.08. The van der Waals surface area contributed by atoms with E-state index in [2.05, 4.69) is 15.3 Å². The number of amides is 2. The minimum absolute atomic E-state index is 0.0845. The van der Waals surface area contributed by atoms with Gasteiger partial charge in [-0.25, -0.2) is 18.7 Å². The Bertz CT molecular complexity index is 1040. The zero-order valence-corrected chi connectivity index (χ0v) is 18.3. The number of pyridine rings is 2. The number of nitrogens with one attached hydrogen (secondary N) is 1. The van der Waals surface area contributed by atoms with Gasteiger partial charge in [0.05, 0.1) is 17.6 Å². The molecule has 32 heavy (non-hydrogen) atoms. The molecule has 0 saturated heterocycles. The van der Waals surface area contributed by atoms with E-state index in [1.54, 1.807) is 24.0 Å². The van der Waals surface area contributed by atoms with Crippen molar-refractivity contribution < 1.29 is 23.1 Å². The first-order valence-corrected chi connectivity index (χ1v) is 10.7. The van der Waals surface area contributed by atoms with E-state index in [1.165, 1.54) is 12.4 Å². The van der Waals surface area contributed by atoms with Gasteiger partial charge in [0.2, 0.25) is 11.8 Å². The van der Waals surface area contributed by atoms with Gasteiger partial charge in [-0.2, -0.15) is 0 Å². The molecule has 1 aliphatic heterocycles. The molecule has 7 nitrogen and oxygen atoms in total. The van der Waals surface area contributed by atoms with E-state index < -0.39 is 13.0 Å². The molecule has 2 aliphatic rings. The van der Waals surface area contributed by atoms with Crippen LogP contribution in [-0.4, -0.2) is 39.7 Å². The van der Waals surface area contributed by atoms with Crippen LogP contribution in [0.4, 0.5) is 14.6 Å². The number of carbonyl (C=O) groups is 2. The molecule has 0 aromatic carbocycles. The molecule has 2 unspecified atom stereocenters. The molecule has 2 aromatic heterocycles. The van der Waals surface area contributed by atoms with Crippen LogP contribution < -0.4 is 10.1 Å². The van der Waals surface area contributed by atoms with Crippen LogP contribution in [0.1, 0.15) is 72.2 Å². The van der Waals surface area contributed by atoms with Crippen molar-refractivity contribution in [2.24, 2.45) is 5.92 Å². The van der Waals surface area contributed by atoms with E-state index in [-0.39, 0.29) is 29.8 Å². The first kappa shape index (κ1) is 22.1. The molecule has 2 aromatic rings. The SMILES string of the molecule is Cc1cc(C(C)N2C(=O)c3ccnc(NC(=O)CC4CC4)c3C2C)cnc1OCC(F)F. The highest BCUT2D eigenvalue weighted by Crippen LogP contribution is 2.42. The number of hydrogen-bond acceptors (Lipinski definition) is 5. The number of ether oxygens (including phenoxy) is 1. The average Bonchev–Trinajstić information content (AvgIpc) is 3.51. The largest absolute Gasteiger partial charge is 0.471 e. The Morgan fingerprint density at radius 2 is 2.09 bits per heavy atom. The number of halogens is 2. The van der Waals surface area contributed by atoms with Gasteiger partial charge >= 0.3 is 0 Å². The first-order valence-electron chi connectivity index (χ1n) is 10.7. The summed E-state index contributed by atoms with van der Waals surface area (Å²) in [6, 6.07) is 2.81. The van der Waals surface area contributed by atoms with Crippen LogP contribution >= 0.6 is 0 Å². The van der Waals surface area contributed by atoms with Crippen LogP contribution in [-0.2, 0) is 4.79 Å². The lowest BCUT2D eigenvalue weighted by molar-refractivity contribution is -0.116. The number of aromatic nitrogens is 2. The van der Waals surface area contributed by atoms with Crippen LogP contribution in [0.3, 0.4) is 0 Å². The van der Waals surface area contributed by atoms with Gasteiger partial charge in [0.1, 0.15) is 5.82 Å². The lowest BCUT2D eigenvalue weighted by Gasteiger charge is -2.30. The third kappa shape index (κ3) is 4.42. The number of aryl methyl sites for hydroxylation is 1. The molecule has 4 rings (SSSR count). The van der Waals surface area contributed by atoms with Crippen LogP contribution in [0.2, 0.25) is 0 Å². The maximum absolute atomic E-state index is 13.2. The fourth-order valence-corrected chi connectivity index (χ4v) is 4.18. The smallest absolute Gasteiger partial charge is 0.272 e. The second-order valence-corrected chi connectivity index (χ2v) is 8.47. The zero-order valence-electron chi connectivity index (χ0n) is 18.3. The maximum Gasteiger partial charge on any atom is 0.272 e. The first-order chi connectivity index (χ1) is 15.3. The van der Waals surface area contributed by atoms with E-state index in [0.29, 0.717) is 34.8 Å². The van der Waals surface area contributed by atoms with Crippen LogP contribution in [0.25, 0.3) is 0 Å². The molecule has 2 amide bonds. The van der Waals surface area contributed by atoms with Gasteiger partial charge in [0.15, 0.2) is 6.61 Å². The highest BCUT2D eigenvalue weighted by molar-refractivity contribution is 6.02. The Balaban J connectivity index is 1.55. The molecule has 1 saturated carbocycles. The Hall–Kier alpha value is -3.10. The van der Waals surface area contributed by atoms with Gasteiger partial charge in [0.25, 0.3) is 12.3 Å². The summed E-state index contributed by atoms with van der Waals surface area (Å²) < 4.78 is 29.9. The van der Waals surface area contributed by atoms with Gasteiger partial charge in [-0.1, -0.05) is 0 Å². The molecule has 3 heterocycles. The fourth-order valence-electron chi connectivity index (χ4n) is 4.18. The van der Waals surface area contributed by atoms with Crippen molar-refractivity contribution in [3.63, 3.8) is 0 Å². The van der Waals surface area contributed by atoms with E-state index >= 15 is 0 Å². The fraction of sp³-hybridized carbons (Fsp3) is 0.478. The Morgan fingerprint density at radius 3 is 2.75 bits per heavy atom. The predicted molar refractivity (Wildman–Crippen MR) is 114 cm³/mol. The number of rotatable bonds is 8. The van der Waals surface area contributed by atoms with Crippen LogP contribution in [0, 0.1) is 12.8 Å². The van der Waals surface area contributed by atoms with Crippen molar-refractivity contribution in [1.29, 1.82) is 0 Å². The summed E-state index contributed by atoms with van der Waals surface area (Å²) in [6.07, 6.45) is 3.12. The molecular formula is C23H26F2N4O3. The third-order valence-corrected chi connectivity index (χ3v) is 6.02. The van der Waals surface area contributed by atoms with Crippen molar-refractivity contribution >= 4 is 17.6 Å². The number of hydrogen-bond donors (Lipinski definition) is 1. The molecule has 0 bridgehead atoms. The topological polar surface area (TPSA) is 84.4 Å². The van der Waals surface area contributed by atoms with Crippen molar-refractivity contribution in [3.8, 4) is 5.88 Å². The van der Waals surface area contributed by atoms with Gasteiger partial charge in [-0.05, 0) is 57.2 Å². The van der Waals surface area contributed by atoms with Crippen molar-refractivity contribution in [3.05, 3.63) is 46.8 Å². The summed E-state index contributed by atoms with van der Waals surface area (Å²) in [5, 5.41) is 2.88. The second-order valence-electron chi connectivity index (χ2n) is 8.47. The number of nitrogens with zero attached hydrogens (tertiary/aromatic N) is 3. The normalized spacial score (nSPS) is 18.6.